The number of hydrogen-bond donors (Lipinski definition) is 0. The van der Waals surface area contributed by atoms with Crippen LogP contribution in [-0.4, -0.2) is 44.2 Å². The maximum Gasteiger partial charge on any atom is 0.290 e. The van der Waals surface area contributed by atoms with Crippen LogP contribution in [0.1, 0.15) is 34.5 Å². The summed E-state index contributed by atoms with van der Waals surface area (Å²) in [6.07, 6.45) is 1.97. The van der Waals surface area contributed by atoms with Crippen molar-refractivity contribution in [2.24, 2.45) is 0 Å². The molecule has 30 heavy (non-hydrogen) atoms. The highest BCUT2D eigenvalue weighted by Crippen LogP contribution is 2.28. The quantitative estimate of drug-likeness (QED) is 0.587. The Morgan fingerprint density at radius 1 is 1.17 bits per heavy atom. The number of anilines is 1. The zero-order valence-corrected chi connectivity index (χ0v) is 17.7. The van der Waals surface area contributed by atoms with Crippen LogP contribution in [0.25, 0.3) is 11.0 Å². The number of benzene rings is 2. The molecule has 1 amide bonds. The fourth-order valence-corrected chi connectivity index (χ4v) is 3.91. The van der Waals surface area contributed by atoms with Gasteiger partial charge in [-0.3, -0.25) is 4.79 Å². The molecule has 0 saturated carbocycles. The molecular formula is C24H27FN2O3. The lowest BCUT2D eigenvalue weighted by molar-refractivity contribution is 0.0485. The number of ether oxygens (including phenoxy) is 1. The van der Waals surface area contributed by atoms with Crippen molar-refractivity contribution in [2.45, 2.75) is 32.4 Å². The third kappa shape index (κ3) is 4.19. The Morgan fingerprint density at radius 2 is 1.93 bits per heavy atom. The van der Waals surface area contributed by atoms with Gasteiger partial charge in [-0.05, 0) is 55.7 Å². The van der Waals surface area contributed by atoms with E-state index in [1.54, 1.807) is 17.9 Å². The van der Waals surface area contributed by atoms with E-state index >= 15 is 0 Å². The van der Waals surface area contributed by atoms with E-state index in [9.17, 15) is 9.18 Å². The first-order valence-corrected chi connectivity index (χ1v) is 10.3. The van der Waals surface area contributed by atoms with E-state index in [2.05, 4.69) is 0 Å². The predicted octanol–water partition coefficient (Wildman–Crippen LogP) is 4.77. The summed E-state index contributed by atoms with van der Waals surface area (Å²) in [5.41, 5.74) is 3.32. The van der Waals surface area contributed by atoms with Crippen LogP contribution in [0.2, 0.25) is 0 Å². The minimum atomic E-state index is -0.345. The number of fused-ring (bicyclic) bond motifs is 1. The molecule has 0 bridgehead atoms. The first kappa shape index (κ1) is 20.4. The van der Waals surface area contributed by atoms with Gasteiger partial charge in [0.2, 0.25) is 0 Å². The maximum absolute atomic E-state index is 13.7. The van der Waals surface area contributed by atoms with Gasteiger partial charge in [0.1, 0.15) is 11.4 Å². The molecule has 2 heterocycles. The van der Waals surface area contributed by atoms with Crippen LogP contribution in [0, 0.1) is 12.7 Å². The lowest BCUT2D eigenvalue weighted by atomic mass is 10.1. The molecule has 4 rings (SSSR count). The second-order valence-electron chi connectivity index (χ2n) is 8.08. The highest BCUT2D eigenvalue weighted by molar-refractivity contribution is 5.99. The van der Waals surface area contributed by atoms with Gasteiger partial charge in [-0.25, -0.2) is 4.39 Å². The molecule has 0 aliphatic carbocycles. The summed E-state index contributed by atoms with van der Waals surface area (Å²) >= 11 is 0. The Labute approximate surface area is 176 Å². The molecule has 1 aliphatic rings. The van der Waals surface area contributed by atoms with E-state index in [4.69, 9.17) is 9.15 Å². The van der Waals surface area contributed by atoms with Crippen molar-refractivity contribution in [2.75, 3.05) is 32.1 Å². The zero-order chi connectivity index (χ0) is 21.3. The van der Waals surface area contributed by atoms with Gasteiger partial charge in [0, 0.05) is 50.4 Å². The maximum atomic E-state index is 13.7. The first-order valence-electron chi connectivity index (χ1n) is 10.3. The zero-order valence-electron chi connectivity index (χ0n) is 17.7. The van der Waals surface area contributed by atoms with Crippen molar-refractivity contribution in [1.82, 2.24) is 4.90 Å². The largest absolute Gasteiger partial charge is 0.451 e. The van der Waals surface area contributed by atoms with Crippen LogP contribution < -0.4 is 4.90 Å². The molecule has 6 heteroatoms. The van der Waals surface area contributed by atoms with Gasteiger partial charge in [0.05, 0.1) is 6.10 Å². The number of furan rings is 1. The fourth-order valence-electron chi connectivity index (χ4n) is 3.91. The van der Waals surface area contributed by atoms with Crippen molar-refractivity contribution in [3.63, 3.8) is 0 Å². The topological polar surface area (TPSA) is 45.9 Å². The number of amides is 1. The Bertz CT molecular complexity index is 1040. The van der Waals surface area contributed by atoms with Gasteiger partial charge in [0.15, 0.2) is 5.76 Å². The lowest BCUT2D eigenvalue weighted by Gasteiger charge is -2.25. The minimum absolute atomic E-state index is 0.0251. The standard InChI is InChI=1S/C24H27FN2O3/c1-16-21-13-18(25)8-11-22(21)30-23(16)24(28)27(15-20-5-4-12-29-20)14-17-6-9-19(10-7-17)26(2)3/h6-11,13,20H,4-5,12,14-15H2,1-3H3. The van der Waals surface area contributed by atoms with Gasteiger partial charge in [-0.1, -0.05) is 12.1 Å². The number of rotatable bonds is 6. The van der Waals surface area contributed by atoms with Crippen LogP contribution in [-0.2, 0) is 11.3 Å². The Balaban J connectivity index is 1.63. The Morgan fingerprint density at radius 3 is 2.60 bits per heavy atom. The number of carbonyl (C=O) groups excluding carboxylic acids is 1. The van der Waals surface area contributed by atoms with E-state index in [-0.39, 0.29) is 23.6 Å². The summed E-state index contributed by atoms with van der Waals surface area (Å²) in [6.45, 7) is 3.48. The van der Waals surface area contributed by atoms with Gasteiger partial charge < -0.3 is 19.0 Å². The lowest BCUT2D eigenvalue weighted by Crippen LogP contribution is -2.37. The molecule has 1 aliphatic heterocycles. The number of halogens is 1. The number of nitrogens with zero attached hydrogens (tertiary/aromatic N) is 2. The highest BCUT2D eigenvalue weighted by Gasteiger charge is 2.27. The third-order valence-electron chi connectivity index (χ3n) is 5.65. The molecule has 2 aromatic carbocycles. The van der Waals surface area contributed by atoms with Crippen LogP contribution in [0.5, 0.6) is 0 Å². The molecule has 1 unspecified atom stereocenters. The summed E-state index contributed by atoms with van der Waals surface area (Å²) in [7, 11) is 3.99. The fraction of sp³-hybridized carbons (Fsp3) is 0.375. The monoisotopic (exact) mass is 410 g/mol. The van der Waals surface area contributed by atoms with Crippen LogP contribution in [0.15, 0.2) is 46.9 Å². The van der Waals surface area contributed by atoms with Gasteiger partial charge in [-0.2, -0.15) is 0 Å². The summed E-state index contributed by atoms with van der Waals surface area (Å²) in [5.74, 6) is -0.280. The molecule has 0 N–H and O–H groups in total. The van der Waals surface area contributed by atoms with Crippen LogP contribution in [0.4, 0.5) is 10.1 Å². The second-order valence-corrected chi connectivity index (χ2v) is 8.08. The number of carbonyl (C=O) groups is 1. The molecular weight excluding hydrogens is 383 g/mol. The Kier molecular flexibility index (Phi) is 5.77. The Hall–Kier alpha value is -2.86. The molecule has 1 saturated heterocycles. The predicted molar refractivity (Wildman–Crippen MR) is 115 cm³/mol. The van der Waals surface area contributed by atoms with Gasteiger partial charge >= 0.3 is 0 Å². The molecule has 0 spiro atoms. The van der Waals surface area contributed by atoms with Crippen molar-refractivity contribution >= 4 is 22.6 Å². The number of aryl methyl sites for hydroxylation is 1. The minimum Gasteiger partial charge on any atom is -0.451 e. The van der Waals surface area contributed by atoms with E-state index in [1.165, 1.54) is 12.1 Å². The van der Waals surface area contributed by atoms with Gasteiger partial charge in [-0.15, -0.1) is 0 Å². The molecule has 158 valence electrons. The molecule has 3 aromatic rings. The average molecular weight is 410 g/mol. The van der Waals surface area contributed by atoms with Crippen molar-refractivity contribution in [3.05, 3.63) is 65.2 Å². The highest BCUT2D eigenvalue weighted by atomic mass is 19.1. The van der Waals surface area contributed by atoms with E-state index in [1.807, 2.05) is 43.3 Å². The normalized spacial score (nSPS) is 16.2. The SMILES string of the molecule is Cc1c(C(=O)N(Cc2ccc(N(C)C)cc2)CC2CCCO2)oc2ccc(F)cc12. The van der Waals surface area contributed by atoms with Crippen LogP contribution in [0.3, 0.4) is 0 Å². The van der Waals surface area contributed by atoms with Crippen molar-refractivity contribution in [1.29, 1.82) is 0 Å². The van der Waals surface area contributed by atoms with Gasteiger partial charge in [0.25, 0.3) is 5.91 Å². The molecule has 5 nitrogen and oxygen atoms in total. The van der Waals surface area contributed by atoms with Crippen molar-refractivity contribution in [3.8, 4) is 0 Å². The molecule has 1 atom stereocenters. The third-order valence-corrected chi connectivity index (χ3v) is 5.65. The molecule has 0 radical (unpaired) electrons. The smallest absolute Gasteiger partial charge is 0.290 e. The average Bonchev–Trinajstić information content (AvgIpc) is 3.35. The van der Waals surface area contributed by atoms with E-state index in [0.29, 0.717) is 29.6 Å². The molecule has 1 fully saturated rings. The second kappa shape index (κ2) is 8.48. The number of hydrogen-bond acceptors (Lipinski definition) is 4. The van der Waals surface area contributed by atoms with E-state index in [0.717, 1.165) is 30.7 Å². The van der Waals surface area contributed by atoms with E-state index < -0.39 is 0 Å². The summed E-state index contributed by atoms with van der Waals surface area (Å²) in [4.78, 5) is 17.3. The van der Waals surface area contributed by atoms with Crippen LogP contribution >= 0.6 is 0 Å². The first-order chi connectivity index (χ1) is 14.4. The van der Waals surface area contributed by atoms with Crippen molar-refractivity contribution < 1.29 is 18.3 Å². The summed E-state index contributed by atoms with van der Waals surface area (Å²) < 4.78 is 25.3. The molecule has 1 aromatic heterocycles. The summed E-state index contributed by atoms with van der Waals surface area (Å²) in [5, 5.41) is 0.630. The summed E-state index contributed by atoms with van der Waals surface area (Å²) in [6, 6.07) is 12.5.